The predicted molar refractivity (Wildman–Crippen MR) is 117 cm³/mol. The van der Waals surface area contributed by atoms with Gasteiger partial charge >= 0.3 is 6.18 Å². The normalized spacial score (nSPS) is 21.1. The zero-order valence-corrected chi connectivity index (χ0v) is 18.6. The summed E-state index contributed by atoms with van der Waals surface area (Å²) < 4.78 is 31.2. The number of piperidine rings is 1. The summed E-state index contributed by atoms with van der Waals surface area (Å²) in [6, 6.07) is 5.39. The fourth-order valence-electron chi connectivity index (χ4n) is 4.30. The van der Waals surface area contributed by atoms with E-state index in [9.17, 15) is 27.6 Å². The number of imide groups is 1. The van der Waals surface area contributed by atoms with Gasteiger partial charge in [-0.1, -0.05) is 0 Å². The van der Waals surface area contributed by atoms with Gasteiger partial charge in [-0.3, -0.25) is 29.4 Å². The van der Waals surface area contributed by atoms with E-state index in [1.165, 1.54) is 0 Å². The second-order valence-electron chi connectivity index (χ2n) is 8.37. The number of anilines is 1. The molecular formula is C22H28F3N5O4. The Morgan fingerprint density at radius 1 is 1.12 bits per heavy atom. The van der Waals surface area contributed by atoms with Crippen molar-refractivity contribution >= 4 is 29.7 Å². The molecule has 1 aromatic carbocycles. The van der Waals surface area contributed by atoms with Crippen molar-refractivity contribution in [2.24, 2.45) is 5.73 Å². The number of nitrogens with two attached hydrogens (primary N) is 1. The zero-order valence-electron chi connectivity index (χ0n) is 18.6. The highest BCUT2D eigenvalue weighted by Crippen LogP contribution is 2.30. The molecule has 3 aliphatic rings. The Balaban J connectivity index is 0.000000481. The van der Waals surface area contributed by atoms with Crippen LogP contribution in [0.5, 0.6) is 0 Å². The Hall–Kier alpha value is -2.99. The molecule has 3 aliphatic heterocycles. The van der Waals surface area contributed by atoms with Crippen LogP contribution in [0.1, 0.15) is 35.2 Å². The number of alkyl halides is 3. The lowest BCUT2D eigenvalue weighted by molar-refractivity contribution is -0.156. The van der Waals surface area contributed by atoms with Gasteiger partial charge in [0.2, 0.25) is 18.1 Å². The van der Waals surface area contributed by atoms with Crippen molar-refractivity contribution in [3.8, 4) is 0 Å². The van der Waals surface area contributed by atoms with Crippen LogP contribution in [0.2, 0.25) is 0 Å². The highest BCUT2D eigenvalue weighted by molar-refractivity contribution is 6.05. The van der Waals surface area contributed by atoms with Crippen LogP contribution in [-0.2, 0) is 20.9 Å². The maximum absolute atomic E-state index is 12.8. The smallest absolute Gasteiger partial charge is 0.369 e. The number of nitrogens with one attached hydrogen (secondary N) is 1. The first-order valence-corrected chi connectivity index (χ1v) is 11.1. The van der Waals surface area contributed by atoms with Crippen LogP contribution < -0.4 is 16.0 Å². The molecule has 1 aromatic rings. The third-order valence-corrected chi connectivity index (χ3v) is 6.06. The number of nitrogens with zero attached hydrogens (tertiary/aromatic N) is 3. The fraction of sp³-hybridized carbons (Fsp3) is 0.545. The van der Waals surface area contributed by atoms with Gasteiger partial charge in [0.25, 0.3) is 5.91 Å². The molecular weight excluding hydrogens is 455 g/mol. The second-order valence-corrected chi connectivity index (χ2v) is 8.37. The van der Waals surface area contributed by atoms with Gasteiger partial charge in [-0.15, -0.1) is 0 Å². The van der Waals surface area contributed by atoms with E-state index in [0.29, 0.717) is 18.5 Å². The van der Waals surface area contributed by atoms with Crippen molar-refractivity contribution in [2.75, 3.05) is 44.2 Å². The summed E-state index contributed by atoms with van der Waals surface area (Å²) in [6.07, 6.45) is -4.01. The number of rotatable bonds is 5. The van der Waals surface area contributed by atoms with Crippen molar-refractivity contribution in [3.63, 3.8) is 0 Å². The number of benzene rings is 1. The lowest BCUT2D eigenvalue weighted by atomic mass is 10.0. The van der Waals surface area contributed by atoms with Crippen molar-refractivity contribution < 1.29 is 32.3 Å². The molecule has 0 radical (unpaired) electrons. The molecule has 0 aromatic heterocycles. The third kappa shape index (κ3) is 6.32. The standard InChI is InChI=1S/C20H27N5O3.C2HF3O/c21-6-1-7-23-8-10-24(11-9-23)15-2-3-16-14(12-15)13-25(20(16)28)17-4-5-18(26)22-19(17)27;3-2(4,5)1-6/h2-3,12,17H,1,4-11,13,21H2,(H,22,26,27);1H. The average Bonchev–Trinajstić information content (AvgIpc) is 3.13. The summed E-state index contributed by atoms with van der Waals surface area (Å²) in [5, 5.41) is 2.34. The Bertz CT molecular complexity index is 932. The summed E-state index contributed by atoms with van der Waals surface area (Å²) in [4.78, 5) is 51.4. The van der Waals surface area contributed by atoms with E-state index in [1.807, 2.05) is 12.1 Å². The number of piperazine rings is 1. The fourth-order valence-corrected chi connectivity index (χ4v) is 4.30. The van der Waals surface area contributed by atoms with Crippen LogP contribution in [-0.4, -0.2) is 85.3 Å². The van der Waals surface area contributed by atoms with Crippen molar-refractivity contribution in [1.29, 1.82) is 0 Å². The molecule has 34 heavy (non-hydrogen) atoms. The number of amides is 3. The summed E-state index contributed by atoms with van der Waals surface area (Å²) in [7, 11) is 0. The minimum Gasteiger partial charge on any atom is -0.369 e. The number of halogens is 3. The van der Waals surface area contributed by atoms with Gasteiger partial charge in [-0.05, 0) is 49.7 Å². The molecule has 1 unspecified atom stereocenters. The summed E-state index contributed by atoms with van der Waals surface area (Å²) in [5.41, 5.74) is 8.34. The molecule has 3 amide bonds. The number of carbonyl (C=O) groups is 4. The number of fused-ring (bicyclic) bond motifs is 1. The van der Waals surface area contributed by atoms with Crippen molar-refractivity contribution in [1.82, 2.24) is 15.1 Å². The minimum absolute atomic E-state index is 0.123. The largest absolute Gasteiger partial charge is 0.446 e. The molecule has 3 N–H and O–H groups in total. The number of hydrogen-bond donors (Lipinski definition) is 2. The van der Waals surface area contributed by atoms with Gasteiger partial charge in [0.1, 0.15) is 6.04 Å². The SMILES string of the molecule is NCCCN1CCN(c2ccc3c(c2)CN(C2CCC(=O)NC2=O)C3=O)CC1.O=CC(F)(F)F. The van der Waals surface area contributed by atoms with E-state index in [2.05, 4.69) is 21.2 Å². The van der Waals surface area contributed by atoms with E-state index >= 15 is 0 Å². The monoisotopic (exact) mass is 483 g/mol. The van der Waals surface area contributed by atoms with Gasteiger partial charge in [-0.2, -0.15) is 13.2 Å². The molecule has 12 heteroatoms. The third-order valence-electron chi connectivity index (χ3n) is 6.06. The lowest BCUT2D eigenvalue weighted by Gasteiger charge is -2.36. The molecule has 9 nitrogen and oxygen atoms in total. The maximum atomic E-state index is 12.8. The van der Waals surface area contributed by atoms with E-state index in [1.54, 1.807) is 4.90 Å². The topological polar surface area (TPSA) is 116 Å². The molecule has 0 aliphatic carbocycles. The van der Waals surface area contributed by atoms with Gasteiger partial charge < -0.3 is 15.5 Å². The zero-order chi connectivity index (χ0) is 24.9. The molecule has 4 rings (SSSR count). The Morgan fingerprint density at radius 3 is 2.38 bits per heavy atom. The van der Waals surface area contributed by atoms with E-state index in [-0.39, 0.29) is 24.1 Å². The number of hydrogen-bond acceptors (Lipinski definition) is 7. The summed E-state index contributed by atoms with van der Waals surface area (Å²) in [5.74, 6) is -0.757. The van der Waals surface area contributed by atoms with Crippen molar-refractivity contribution in [3.05, 3.63) is 29.3 Å². The van der Waals surface area contributed by atoms with Crippen LogP contribution in [0.15, 0.2) is 18.2 Å². The van der Waals surface area contributed by atoms with E-state index in [4.69, 9.17) is 10.5 Å². The molecule has 0 saturated carbocycles. The lowest BCUT2D eigenvalue weighted by Crippen LogP contribution is -2.52. The molecule has 3 heterocycles. The molecule has 0 spiro atoms. The maximum Gasteiger partial charge on any atom is 0.446 e. The summed E-state index contributed by atoms with van der Waals surface area (Å²) in [6.45, 7) is 6.12. The Labute approximate surface area is 195 Å². The predicted octanol–water partition coefficient (Wildman–Crippen LogP) is 0.666. The molecule has 2 saturated heterocycles. The van der Waals surface area contributed by atoms with Crippen LogP contribution in [0.3, 0.4) is 0 Å². The number of aldehydes is 1. The quantitative estimate of drug-likeness (QED) is 0.467. The highest BCUT2D eigenvalue weighted by atomic mass is 19.4. The first-order valence-electron chi connectivity index (χ1n) is 11.1. The van der Waals surface area contributed by atoms with E-state index in [0.717, 1.165) is 56.9 Å². The Kier molecular flexibility index (Phi) is 8.26. The van der Waals surface area contributed by atoms with Gasteiger partial charge in [0.05, 0.1) is 0 Å². The van der Waals surface area contributed by atoms with Gasteiger partial charge in [0, 0.05) is 50.4 Å². The molecule has 186 valence electrons. The van der Waals surface area contributed by atoms with Crippen LogP contribution in [0.25, 0.3) is 0 Å². The average molecular weight is 483 g/mol. The van der Waals surface area contributed by atoms with Gasteiger partial charge in [-0.25, -0.2) is 0 Å². The molecule has 2 fully saturated rings. The minimum atomic E-state index is -4.64. The van der Waals surface area contributed by atoms with Crippen molar-refractivity contribution in [2.45, 2.75) is 38.0 Å². The number of carbonyl (C=O) groups excluding carboxylic acids is 4. The first-order chi connectivity index (χ1) is 16.1. The molecule has 0 bridgehead atoms. The van der Waals surface area contributed by atoms with Crippen LogP contribution in [0.4, 0.5) is 18.9 Å². The van der Waals surface area contributed by atoms with Crippen LogP contribution >= 0.6 is 0 Å². The Morgan fingerprint density at radius 2 is 1.79 bits per heavy atom. The second kappa shape index (κ2) is 11.0. The van der Waals surface area contributed by atoms with E-state index < -0.39 is 18.5 Å². The highest BCUT2D eigenvalue weighted by Gasteiger charge is 2.39. The van der Waals surface area contributed by atoms with Crippen LogP contribution in [0, 0.1) is 0 Å². The first kappa shape index (κ1) is 25.6. The van der Waals surface area contributed by atoms with Gasteiger partial charge in [0.15, 0.2) is 0 Å². The molecule has 1 atom stereocenters. The summed E-state index contributed by atoms with van der Waals surface area (Å²) >= 11 is 0.